The third-order valence-corrected chi connectivity index (χ3v) is 6.58. The van der Waals surface area contributed by atoms with Crippen LogP contribution in [0.4, 0.5) is 5.82 Å². The Morgan fingerprint density at radius 1 is 1.00 bits per heavy atom. The van der Waals surface area contributed by atoms with Gasteiger partial charge in [-0.05, 0) is 61.4 Å². The number of rotatable bonds is 5. The van der Waals surface area contributed by atoms with Gasteiger partial charge in [0, 0.05) is 22.9 Å². The van der Waals surface area contributed by atoms with Crippen LogP contribution < -0.4 is 10.1 Å². The van der Waals surface area contributed by atoms with Crippen molar-refractivity contribution in [3.05, 3.63) is 93.9 Å². The summed E-state index contributed by atoms with van der Waals surface area (Å²) >= 11 is 5.95. The summed E-state index contributed by atoms with van der Waals surface area (Å²) in [6.07, 6.45) is 0.335. The second-order valence-electron chi connectivity index (χ2n) is 8.76. The van der Waals surface area contributed by atoms with Crippen LogP contribution in [0.15, 0.2) is 60.7 Å². The van der Waals surface area contributed by atoms with E-state index >= 15 is 0 Å². The van der Waals surface area contributed by atoms with Crippen molar-refractivity contribution in [3.8, 4) is 11.6 Å². The van der Waals surface area contributed by atoms with Gasteiger partial charge >= 0.3 is 0 Å². The van der Waals surface area contributed by atoms with Crippen molar-refractivity contribution in [3.63, 3.8) is 0 Å². The first kappa shape index (κ1) is 22.2. The van der Waals surface area contributed by atoms with Gasteiger partial charge in [-0.15, -0.1) is 15.3 Å². The number of carbonyl (C=O) groups excluding carboxylic acids is 1. The van der Waals surface area contributed by atoms with Gasteiger partial charge in [0.1, 0.15) is 18.2 Å². The number of nitrogens with one attached hydrogen (secondary N) is 1. The molecule has 0 saturated carbocycles. The molecule has 1 atom stereocenters. The number of aromatic nitrogens is 6. The van der Waals surface area contributed by atoms with E-state index in [9.17, 15) is 4.79 Å². The highest BCUT2D eigenvalue weighted by atomic mass is 35.5. The minimum Gasteiger partial charge on any atom is -0.489 e. The van der Waals surface area contributed by atoms with Gasteiger partial charge in [0.2, 0.25) is 5.91 Å². The van der Waals surface area contributed by atoms with Gasteiger partial charge in [-0.2, -0.15) is 14.3 Å². The van der Waals surface area contributed by atoms with Gasteiger partial charge in [-0.1, -0.05) is 35.9 Å². The topological polar surface area (TPSA) is 99.2 Å². The highest BCUT2D eigenvalue weighted by molar-refractivity contribution is 6.30. The molecule has 36 heavy (non-hydrogen) atoms. The largest absolute Gasteiger partial charge is 0.489 e. The molecule has 3 aromatic heterocycles. The second-order valence-corrected chi connectivity index (χ2v) is 9.19. The summed E-state index contributed by atoms with van der Waals surface area (Å²) in [6.45, 7) is 4.23. The van der Waals surface area contributed by atoms with E-state index in [2.05, 4.69) is 20.6 Å². The zero-order valence-corrected chi connectivity index (χ0v) is 20.4. The van der Waals surface area contributed by atoms with Gasteiger partial charge < -0.3 is 10.1 Å². The lowest BCUT2D eigenvalue weighted by Gasteiger charge is -2.24. The van der Waals surface area contributed by atoms with E-state index in [-0.39, 0.29) is 11.8 Å². The summed E-state index contributed by atoms with van der Waals surface area (Å²) in [6, 6.07) is 19.1. The zero-order chi connectivity index (χ0) is 24.8. The van der Waals surface area contributed by atoms with Crippen molar-refractivity contribution >= 4 is 29.0 Å². The summed E-state index contributed by atoms with van der Waals surface area (Å²) in [5, 5.41) is 21.2. The summed E-state index contributed by atoms with van der Waals surface area (Å²) in [5.41, 5.74) is 4.51. The second kappa shape index (κ2) is 8.76. The maximum absolute atomic E-state index is 12.7. The summed E-state index contributed by atoms with van der Waals surface area (Å²) < 4.78 is 9.26. The number of anilines is 1. The van der Waals surface area contributed by atoms with E-state index in [4.69, 9.17) is 21.4 Å². The van der Waals surface area contributed by atoms with Crippen LogP contribution in [0.2, 0.25) is 5.02 Å². The van der Waals surface area contributed by atoms with Gasteiger partial charge in [0.05, 0.1) is 5.69 Å². The molecule has 0 unspecified atom stereocenters. The van der Waals surface area contributed by atoms with E-state index in [1.165, 1.54) is 0 Å². The van der Waals surface area contributed by atoms with Crippen LogP contribution in [0.3, 0.4) is 0 Å². The van der Waals surface area contributed by atoms with Crippen LogP contribution in [0.25, 0.3) is 11.5 Å². The third-order valence-electron chi connectivity index (χ3n) is 6.33. The monoisotopic (exact) mass is 499 g/mol. The van der Waals surface area contributed by atoms with Crippen molar-refractivity contribution in [2.45, 2.75) is 32.8 Å². The first-order chi connectivity index (χ1) is 17.5. The van der Waals surface area contributed by atoms with Crippen LogP contribution >= 0.6 is 11.6 Å². The fourth-order valence-corrected chi connectivity index (χ4v) is 4.67. The molecule has 6 rings (SSSR count). The summed E-state index contributed by atoms with van der Waals surface area (Å²) in [4.78, 5) is 12.7. The standard InChI is InChI=1S/C26H22ClN7O2/c1-15-25-21(18-5-9-20(10-6-18)36-14-17-3-7-19(27)8-4-17)13-24(35)28-26(25)34(31-15)23-12-11-22-30-29-16(2)33(22)32-23/h3-12,21H,13-14H2,1-2H3,(H,28,35)/t21-/m0/s1. The number of halogens is 1. The molecular formula is C26H22ClN7O2. The number of nitrogens with zero attached hydrogens (tertiary/aromatic N) is 6. The van der Waals surface area contributed by atoms with Gasteiger partial charge in [0.15, 0.2) is 17.3 Å². The van der Waals surface area contributed by atoms with Crippen LogP contribution in [0.5, 0.6) is 5.75 Å². The molecule has 5 aromatic rings. The Morgan fingerprint density at radius 2 is 1.78 bits per heavy atom. The van der Waals surface area contributed by atoms with E-state index in [1.807, 2.05) is 74.5 Å². The first-order valence-electron chi connectivity index (χ1n) is 11.5. The van der Waals surface area contributed by atoms with E-state index in [1.54, 1.807) is 9.20 Å². The fourth-order valence-electron chi connectivity index (χ4n) is 4.54. The number of aryl methyl sites for hydroxylation is 2. The lowest BCUT2D eigenvalue weighted by Crippen LogP contribution is -2.25. The summed E-state index contributed by atoms with van der Waals surface area (Å²) in [5.74, 6) is 2.43. The quantitative estimate of drug-likeness (QED) is 0.378. The Hall–Kier alpha value is -4.24. The van der Waals surface area contributed by atoms with Crippen molar-refractivity contribution in [1.82, 2.24) is 29.6 Å². The lowest BCUT2D eigenvalue weighted by atomic mass is 9.86. The molecule has 9 nitrogen and oxygen atoms in total. The van der Waals surface area contributed by atoms with Crippen molar-refractivity contribution in [2.75, 3.05) is 5.32 Å². The molecule has 0 saturated heterocycles. The Bertz CT molecular complexity index is 1590. The van der Waals surface area contributed by atoms with Gasteiger partial charge in [0.25, 0.3) is 0 Å². The number of benzene rings is 2. The molecule has 0 aliphatic carbocycles. The predicted octanol–water partition coefficient (Wildman–Crippen LogP) is 4.63. The molecule has 0 bridgehead atoms. The third kappa shape index (κ3) is 3.97. The number of hydrogen-bond donors (Lipinski definition) is 1. The Kier molecular flexibility index (Phi) is 5.41. The smallest absolute Gasteiger partial charge is 0.226 e. The van der Waals surface area contributed by atoms with Crippen molar-refractivity contribution < 1.29 is 9.53 Å². The first-order valence-corrected chi connectivity index (χ1v) is 11.9. The molecule has 180 valence electrons. The lowest BCUT2D eigenvalue weighted by molar-refractivity contribution is -0.116. The number of ether oxygens (including phenoxy) is 1. The zero-order valence-electron chi connectivity index (χ0n) is 19.6. The molecule has 4 heterocycles. The van der Waals surface area contributed by atoms with Gasteiger partial charge in [-0.25, -0.2) is 0 Å². The molecule has 0 fully saturated rings. The van der Waals surface area contributed by atoms with E-state index in [0.717, 1.165) is 28.1 Å². The minimum absolute atomic E-state index is 0.0710. The summed E-state index contributed by atoms with van der Waals surface area (Å²) in [7, 11) is 0. The molecular weight excluding hydrogens is 478 g/mol. The number of amides is 1. The number of fused-ring (bicyclic) bond motifs is 2. The van der Waals surface area contributed by atoms with Crippen LogP contribution in [0, 0.1) is 13.8 Å². The predicted molar refractivity (Wildman–Crippen MR) is 135 cm³/mol. The number of carbonyl (C=O) groups is 1. The van der Waals surface area contributed by atoms with E-state index in [0.29, 0.717) is 41.2 Å². The van der Waals surface area contributed by atoms with Crippen LogP contribution in [-0.4, -0.2) is 35.5 Å². The van der Waals surface area contributed by atoms with Gasteiger partial charge in [-0.3, -0.25) is 4.79 Å². The van der Waals surface area contributed by atoms with Crippen LogP contribution in [-0.2, 0) is 11.4 Å². The Balaban J connectivity index is 1.30. The maximum Gasteiger partial charge on any atom is 0.226 e. The molecule has 1 aliphatic heterocycles. The Morgan fingerprint density at radius 3 is 2.56 bits per heavy atom. The van der Waals surface area contributed by atoms with Crippen molar-refractivity contribution in [1.29, 1.82) is 0 Å². The molecule has 2 aromatic carbocycles. The highest BCUT2D eigenvalue weighted by Gasteiger charge is 2.33. The molecule has 1 N–H and O–H groups in total. The number of hydrogen-bond acceptors (Lipinski definition) is 6. The fraction of sp³-hybridized carbons (Fsp3) is 0.192. The molecule has 0 radical (unpaired) electrons. The molecule has 1 amide bonds. The molecule has 0 spiro atoms. The average Bonchev–Trinajstić information content (AvgIpc) is 3.42. The molecule has 1 aliphatic rings. The van der Waals surface area contributed by atoms with Crippen LogP contribution in [0.1, 0.15) is 40.5 Å². The average molecular weight is 500 g/mol. The SMILES string of the molecule is Cc1nn(-c2ccc3nnc(C)n3n2)c2c1[C@H](c1ccc(OCc3ccc(Cl)cc3)cc1)CC(=O)N2. The normalized spacial score (nSPS) is 15.1. The van der Waals surface area contributed by atoms with Crippen molar-refractivity contribution in [2.24, 2.45) is 0 Å². The molecule has 10 heteroatoms. The minimum atomic E-state index is -0.131. The Labute approximate surface area is 211 Å². The highest BCUT2D eigenvalue weighted by Crippen LogP contribution is 2.40. The van der Waals surface area contributed by atoms with E-state index < -0.39 is 0 Å². The maximum atomic E-state index is 12.7.